The Labute approximate surface area is 98.8 Å². The van der Waals surface area contributed by atoms with Crippen LogP contribution < -0.4 is 0 Å². The van der Waals surface area contributed by atoms with E-state index >= 15 is 0 Å². The van der Waals surface area contributed by atoms with Crippen LogP contribution in [-0.2, 0) is 0 Å². The van der Waals surface area contributed by atoms with Gasteiger partial charge in [0.1, 0.15) is 5.75 Å². The molecule has 4 nitrogen and oxygen atoms in total. The average molecular weight is 228 g/mol. The van der Waals surface area contributed by atoms with Crippen LogP contribution in [0.25, 0.3) is 6.20 Å². The zero-order valence-corrected chi connectivity index (χ0v) is 9.37. The molecule has 0 bridgehead atoms. The van der Waals surface area contributed by atoms with Gasteiger partial charge in [0.25, 0.3) is 0 Å². The smallest absolute Gasteiger partial charge is 0.187 e. The molecule has 17 heavy (non-hydrogen) atoms. The van der Waals surface area contributed by atoms with Gasteiger partial charge in [-0.15, -0.1) is 0 Å². The van der Waals surface area contributed by atoms with E-state index < -0.39 is 0 Å². The molecule has 4 heteroatoms. The highest BCUT2D eigenvalue weighted by Gasteiger charge is 2.01. The van der Waals surface area contributed by atoms with Crippen LogP contribution in [0.3, 0.4) is 0 Å². The van der Waals surface area contributed by atoms with Gasteiger partial charge in [0.05, 0.1) is 5.69 Å². The zero-order chi connectivity index (χ0) is 12.3. The van der Waals surface area contributed by atoms with E-state index in [1.54, 1.807) is 29.2 Å². The number of nitrogens with zero attached hydrogens (tertiary/aromatic N) is 2. The highest BCUT2D eigenvalue weighted by Crippen LogP contribution is 2.10. The molecule has 1 aromatic heterocycles. The molecule has 0 aliphatic rings. The van der Waals surface area contributed by atoms with Crippen molar-refractivity contribution >= 4 is 12.0 Å². The number of benzene rings is 1. The molecule has 86 valence electrons. The molecular weight excluding hydrogens is 216 g/mol. The van der Waals surface area contributed by atoms with Crippen LogP contribution in [0.2, 0.25) is 0 Å². The average Bonchev–Trinajstić information content (AvgIpc) is 2.73. The van der Waals surface area contributed by atoms with Gasteiger partial charge < -0.3 is 5.11 Å². The summed E-state index contributed by atoms with van der Waals surface area (Å²) in [5.41, 5.74) is 1.43. The van der Waals surface area contributed by atoms with E-state index in [0.717, 1.165) is 5.69 Å². The molecule has 1 N–H and O–H groups in total. The Balaban J connectivity index is 2.11. The summed E-state index contributed by atoms with van der Waals surface area (Å²) >= 11 is 0. The molecule has 0 fully saturated rings. The fraction of sp³-hybridized carbons (Fsp3) is 0.0769. The first-order chi connectivity index (χ1) is 8.15. The van der Waals surface area contributed by atoms with Crippen molar-refractivity contribution in [3.63, 3.8) is 0 Å². The Morgan fingerprint density at radius 3 is 2.59 bits per heavy atom. The summed E-state index contributed by atoms with van der Waals surface area (Å²) in [5.74, 6) is 0.0198. The lowest BCUT2D eigenvalue weighted by Gasteiger charge is -1.96. The largest absolute Gasteiger partial charge is 0.508 e. The minimum absolute atomic E-state index is 0.127. The fourth-order valence-corrected chi connectivity index (χ4v) is 1.38. The van der Waals surface area contributed by atoms with Crippen molar-refractivity contribution in [2.45, 2.75) is 6.92 Å². The first-order valence-electron chi connectivity index (χ1n) is 5.18. The quantitative estimate of drug-likeness (QED) is 0.647. The minimum Gasteiger partial charge on any atom is -0.508 e. The van der Waals surface area contributed by atoms with Gasteiger partial charge in [0, 0.05) is 24.0 Å². The SMILES string of the molecule is Cc1ccn(/C=C/C(=O)c2ccc(O)cc2)n1. The molecule has 0 aliphatic heterocycles. The number of aromatic hydroxyl groups is 1. The normalized spacial score (nSPS) is 10.9. The fourth-order valence-electron chi connectivity index (χ4n) is 1.38. The van der Waals surface area contributed by atoms with Crippen LogP contribution in [0.4, 0.5) is 0 Å². The minimum atomic E-state index is -0.127. The second-order valence-corrected chi connectivity index (χ2v) is 3.66. The van der Waals surface area contributed by atoms with Gasteiger partial charge in [-0.05, 0) is 37.3 Å². The molecule has 0 aliphatic carbocycles. The molecule has 0 radical (unpaired) electrons. The molecular formula is C13H12N2O2. The van der Waals surface area contributed by atoms with E-state index in [4.69, 9.17) is 5.11 Å². The van der Waals surface area contributed by atoms with E-state index in [1.807, 2.05) is 13.0 Å². The first-order valence-corrected chi connectivity index (χ1v) is 5.18. The van der Waals surface area contributed by atoms with Gasteiger partial charge in [-0.3, -0.25) is 4.79 Å². The van der Waals surface area contributed by atoms with Gasteiger partial charge in [-0.1, -0.05) is 0 Å². The Morgan fingerprint density at radius 2 is 2.00 bits per heavy atom. The maximum Gasteiger partial charge on any atom is 0.187 e. The third kappa shape index (κ3) is 2.81. The Bertz CT molecular complexity index is 553. The summed E-state index contributed by atoms with van der Waals surface area (Å²) in [6.07, 6.45) is 4.82. The lowest BCUT2D eigenvalue weighted by atomic mass is 10.1. The maximum absolute atomic E-state index is 11.7. The van der Waals surface area contributed by atoms with Crippen LogP contribution in [0, 0.1) is 6.92 Å². The first kappa shape index (κ1) is 11.1. The summed E-state index contributed by atoms with van der Waals surface area (Å²) in [7, 11) is 0. The van der Waals surface area contributed by atoms with Crippen molar-refractivity contribution in [1.82, 2.24) is 9.78 Å². The third-order valence-corrected chi connectivity index (χ3v) is 2.27. The van der Waals surface area contributed by atoms with E-state index in [-0.39, 0.29) is 11.5 Å². The van der Waals surface area contributed by atoms with E-state index in [0.29, 0.717) is 5.56 Å². The van der Waals surface area contributed by atoms with Crippen LogP contribution in [-0.4, -0.2) is 20.7 Å². The number of phenolic OH excluding ortho intramolecular Hbond substituents is 1. The summed E-state index contributed by atoms with van der Waals surface area (Å²) in [5, 5.41) is 13.2. The number of hydrogen-bond acceptors (Lipinski definition) is 3. The summed E-state index contributed by atoms with van der Waals surface area (Å²) < 4.78 is 1.58. The van der Waals surface area contributed by atoms with Crippen LogP contribution >= 0.6 is 0 Å². The van der Waals surface area contributed by atoms with Crippen molar-refractivity contribution in [1.29, 1.82) is 0 Å². The molecule has 0 amide bonds. The van der Waals surface area contributed by atoms with Gasteiger partial charge in [0.15, 0.2) is 5.78 Å². The highest BCUT2D eigenvalue weighted by molar-refractivity contribution is 6.06. The summed E-state index contributed by atoms with van der Waals surface area (Å²) in [4.78, 5) is 11.7. The van der Waals surface area contributed by atoms with Crippen LogP contribution in [0.5, 0.6) is 5.75 Å². The predicted octanol–water partition coefficient (Wildman–Crippen LogP) is 2.25. The lowest BCUT2D eigenvalue weighted by molar-refractivity contribution is 0.104. The van der Waals surface area contributed by atoms with Gasteiger partial charge in [0.2, 0.25) is 0 Å². The molecule has 0 saturated carbocycles. The molecule has 0 atom stereocenters. The predicted molar refractivity (Wildman–Crippen MR) is 64.7 cm³/mol. The van der Waals surface area contributed by atoms with Gasteiger partial charge in [-0.2, -0.15) is 5.10 Å². The van der Waals surface area contributed by atoms with Crippen molar-refractivity contribution in [2.24, 2.45) is 0 Å². The number of aromatic nitrogens is 2. The van der Waals surface area contributed by atoms with Gasteiger partial charge >= 0.3 is 0 Å². The Kier molecular flexibility index (Phi) is 3.05. The number of carbonyl (C=O) groups is 1. The third-order valence-electron chi connectivity index (χ3n) is 2.27. The number of hydrogen-bond donors (Lipinski definition) is 1. The van der Waals surface area contributed by atoms with E-state index in [2.05, 4.69) is 5.10 Å². The molecule has 1 aromatic carbocycles. The van der Waals surface area contributed by atoms with E-state index in [1.165, 1.54) is 18.2 Å². The molecule has 0 saturated heterocycles. The summed E-state index contributed by atoms with van der Waals surface area (Å²) in [6.45, 7) is 1.88. The maximum atomic E-state index is 11.7. The summed E-state index contributed by atoms with van der Waals surface area (Å²) in [6, 6.07) is 7.99. The van der Waals surface area contributed by atoms with Gasteiger partial charge in [-0.25, -0.2) is 4.68 Å². The van der Waals surface area contributed by atoms with Crippen molar-refractivity contribution in [3.05, 3.63) is 53.9 Å². The van der Waals surface area contributed by atoms with Crippen LogP contribution in [0.1, 0.15) is 16.1 Å². The number of aryl methyl sites for hydroxylation is 1. The molecule has 2 aromatic rings. The lowest BCUT2D eigenvalue weighted by Crippen LogP contribution is -1.95. The molecule has 2 rings (SSSR count). The van der Waals surface area contributed by atoms with Crippen molar-refractivity contribution in [3.8, 4) is 5.75 Å². The number of carbonyl (C=O) groups excluding carboxylic acids is 1. The van der Waals surface area contributed by atoms with Crippen molar-refractivity contribution < 1.29 is 9.90 Å². The van der Waals surface area contributed by atoms with E-state index in [9.17, 15) is 4.79 Å². The molecule has 0 spiro atoms. The Morgan fingerprint density at radius 1 is 1.29 bits per heavy atom. The number of phenols is 1. The van der Waals surface area contributed by atoms with Crippen LogP contribution in [0.15, 0.2) is 42.6 Å². The number of allylic oxidation sites excluding steroid dienone is 1. The molecule has 0 unspecified atom stereocenters. The zero-order valence-electron chi connectivity index (χ0n) is 9.37. The number of ketones is 1. The number of rotatable bonds is 3. The standard InChI is InChI=1S/C13H12N2O2/c1-10-6-8-15(14-10)9-7-13(17)11-2-4-12(16)5-3-11/h2-9,16H,1H3/b9-7+. The second-order valence-electron chi connectivity index (χ2n) is 3.66. The van der Waals surface area contributed by atoms with Crippen molar-refractivity contribution in [2.75, 3.05) is 0 Å². The highest BCUT2D eigenvalue weighted by atomic mass is 16.3. The second kappa shape index (κ2) is 4.65. The monoisotopic (exact) mass is 228 g/mol. The topological polar surface area (TPSA) is 55.1 Å². The Hall–Kier alpha value is -2.36. The molecule has 1 heterocycles.